The zero-order chi connectivity index (χ0) is 18.0. The van der Waals surface area contributed by atoms with E-state index in [2.05, 4.69) is 4.98 Å². The lowest BCUT2D eigenvalue weighted by Crippen LogP contribution is -2.35. The number of halogens is 1. The highest BCUT2D eigenvalue weighted by Gasteiger charge is 2.34. The topological polar surface area (TPSA) is 54.8 Å². The van der Waals surface area contributed by atoms with Gasteiger partial charge in [0.1, 0.15) is 11.7 Å². The number of nitrogens with zero attached hydrogens (tertiary/aromatic N) is 3. The highest BCUT2D eigenvalue weighted by molar-refractivity contribution is 6.31. The van der Waals surface area contributed by atoms with Gasteiger partial charge in [-0.1, -0.05) is 35.9 Å². The molecule has 1 aromatic carbocycles. The minimum atomic E-state index is -0.547. The largest absolute Gasteiger partial charge is 0.466 e. The van der Waals surface area contributed by atoms with Gasteiger partial charge in [0.05, 0.1) is 12.7 Å². The Morgan fingerprint density at radius 3 is 2.56 bits per heavy atom. The van der Waals surface area contributed by atoms with Crippen LogP contribution in [-0.2, 0) is 9.53 Å². The van der Waals surface area contributed by atoms with E-state index in [1.807, 2.05) is 55.3 Å². The van der Waals surface area contributed by atoms with E-state index in [1.54, 1.807) is 12.3 Å². The van der Waals surface area contributed by atoms with Crippen LogP contribution >= 0.6 is 11.6 Å². The van der Waals surface area contributed by atoms with Crippen molar-refractivity contribution in [1.82, 2.24) is 9.88 Å². The highest BCUT2D eigenvalue weighted by Crippen LogP contribution is 2.37. The number of aliphatic imine (C=N–C) groups is 1. The molecule has 6 heteroatoms. The van der Waals surface area contributed by atoms with Gasteiger partial charge in [-0.3, -0.25) is 9.98 Å². The fourth-order valence-electron chi connectivity index (χ4n) is 2.84. The second-order valence-corrected chi connectivity index (χ2v) is 6.05. The molecular weight excluding hydrogens is 338 g/mol. The molecule has 5 nitrogen and oxygen atoms in total. The zero-order valence-electron chi connectivity index (χ0n) is 14.2. The van der Waals surface area contributed by atoms with Crippen molar-refractivity contribution in [3.05, 3.63) is 76.2 Å². The predicted octanol–water partition coefficient (Wildman–Crippen LogP) is 3.62. The number of allylic oxidation sites excluding steroid dienone is 1. The molecule has 0 N–H and O–H groups in total. The second-order valence-electron chi connectivity index (χ2n) is 5.64. The number of ether oxygens (including phenoxy) is 1. The van der Waals surface area contributed by atoms with Gasteiger partial charge in [-0.05, 0) is 25.1 Å². The number of pyridine rings is 1. The first kappa shape index (κ1) is 17.2. The SMILES string of the molecule is COC(=O)C1=C(C)N(C)C(c2ccccn2)=NC1c1ccccc1Cl. The molecule has 0 aliphatic carbocycles. The standard InChI is InChI=1S/C19H18ClN3O2/c1-12-16(19(24)25-3)17(13-8-4-5-9-14(13)20)22-18(23(12)2)15-10-6-7-11-21-15/h4-11,17H,1-3H3. The molecule has 2 aromatic rings. The van der Waals surface area contributed by atoms with Gasteiger partial charge in [0.15, 0.2) is 5.84 Å². The van der Waals surface area contributed by atoms with Crippen molar-refractivity contribution in [3.63, 3.8) is 0 Å². The molecule has 2 heterocycles. The number of benzene rings is 1. The smallest absolute Gasteiger partial charge is 0.338 e. The maximum atomic E-state index is 12.4. The third kappa shape index (κ3) is 3.15. The molecule has 1 aliphatic rings. The maximum Gasteiger partial charge on any atom is 0.338 e. The van der Waals surface area contributed by atoms with Crippen LogP contribution in [0.3, 0.4) is 0 Å². The summed E-state index contributed by atoms with van der Waals surface area (Å²) < 4.78 is 4.99. The Kier molecular flexibility index (Phi) is 4.86. The van der Waals surface area contributed by atoms with Crippen molar-refractivity contribution in [1.29, 1.82) is 0 Å². The van der Waals surface area contributed by atoms with Gasteiger partial charge in [0, 0.05) is 29.5 Å². The average molecular weight is 356 g/mol. The lowest BCUT2D eigenvalue weighted by Gasteiger charge is -2.32. The summed E-state index contributed by atoms with van der Waals surface area (Å²) in [6.07, 6.45) is 1.71. The van der Waals surface area contributed by atoms with Gasteiger partial charge in [0.2, 0.25) is 0 Å². The molecule has 0 saturated heterocycles. The lowest BCUT2D eigenvalue weighted by molar-refractivity contribution is -0.136. The quantitative estimate of drug-likeness (QED) is 0.789. The van der Waals surface area contributed by atoms with E-state index in [0.29, 0.717) is 16.4 Å². The fourth-order valence-corrected chi connectivity index (χ4v) is 3.07. The molecule has 1 aromatic heterocycles. The van der Waals surface area contributed by atoms with Gasteiger partial charge in [-0.2, -0.15) is 0 Å². The molecule has 0 bridgehead atoms. The summed E-state index contributed by atoms with van der Waals surface area (Å²) in [5, 5.41) is 0.551. The first-order valence-corrected chi connectivity index (χ1v) is 8.18. The zero-order valence-corrected chi connectivity index (χ0v) is 15.0. The van der Waals surface area contributed by atoms with E-state index < -0.39 is 12.0 Å². The first-order chi connectivity index (χ1) is 12.0. The Hall–Kier alpha value is -2.66. The van der Waals surface area contributed by atoms with Crippen LogP contribution in [0.5, 0.6) is 0 Å². The van der Waals surface area contributed by atoms with Crippen LogP contribution in [0.2, 0.25) is 5.02 Å². The monoisotopic (exact) mass is 355 g/mol. The van der Waals surface area contributed by atoms with Crippen molar-refractivity contribution >= 4 is 23.4 Å². The van der Waals surface area contributed by atoms with Crippen LogP contribution in [0.25, 0.3) is 0 Å². The number of hydrogen-bond acceptors (Lipinski definition) is 5. The molecule has 1 unspecified atom stereocenters. The van der Waals surface area contributed by atoms with Crippen molar-refractivity contribution in [3.8, 4) is 0 Å². The summed E-state index contributed by atoms with van der Waals surface area (Å²) in [7, 11) is 3.22. The molecule has 1 aliphatic heterocycles. The summed E-state index contributed by atoms with van der Waals surface area (Å²) in [4.78, 5) is 23.5. The molecule has 0 amide bonds. The lowest BCUT2D eigenvalue weighted by atomic mass is 9.95. The summed E-state index contributed by atoms with van der Waals surface area (Å²) in [5.41, 5.74) is 2.71. The molecule has 0 fully saturated rings. The number of aromatic nitrogens is 1. The molecule has 0 spiro atoms. The Morgan fingerprint density at radius 1 is 1.20 bits per heavy atom. The second kappa shape index (κ2) is 7.07. The number of esters is 1. The summed E-state index contributed by atoms with van der Waals surface area (Å²) >= 11 is 6.38. The molecule has 0 saturated carbocycles. The normalized spacial score (nSPS) is 17.4. The third-order valence-electron chi connectivity index (χ3n) is 4.23. The van der Waals surface area contributed by atoms with Crippen LogP contribution in [0.15, 0.2) is 64.9 Å². The van der Waals surface area contributed by atoms with E-state index in [1.165, 1.54) is 7.11 Å². The molecular formula is C19H18ClN3O2. The number of carbonyl (C=O) groups is 1. The summed E-state index contributed by atoms with van der Waals surface area (Å²) in [6.45, 7) is 1.87. The first-order valence-electron chi connectivity index (χ1n) is 7.81. The van der Waals surface area contributed by atoms with Crippen LogP contribution in [0, 0.1) is 0 Å². The maximum absolute atomic E-state index is 12.4. The van der Waals surface area contributed by atoms with Gasteiger partial charge >= 0.3 is 5.97 Å². The van der Waals surface area contributed by atoms with Crippen molar-refractivity contribution in [2.45, 2.75) is 13.0 Å². The van der Waals surface area contributed by atoms with Crippen molar-refractivity contribution < 1.29 is 9.53 Å². The van der Waals surface area contributed by atoms with Gasteiger partial charge in [-0.15, -0.1) is 0 Å². The van der Waals surface area contributed by atoms with Crippen LogP contribution in [0.1, 0.15) is 24.2 Å². The Labute approximate surface area is 151 Å². The van der Waals surface area contributed by atoms with Crippen LogP contribution in [-0.4, -0.2) is 35.8 Å². The molecule has 25 heavy (non-hydrogen) atoms. The van der Waals surface area contributed by atoms with Crippen molar-refractivity contribution in [2.75, 3.05) is 14.2 Å². The van der Waals surface area contributed by atoms with Crippen molar-refractivity contribution in [2.24, 2.45) is 4.99 Å². The summed E-state index contributed by atoms with van der Waals surface area (Å²) in [5.74, 6) is 0.258. The Balaban J connectivity index is 2.20. The average Bonchev–Trinajstić information content (AvgIpc) is 2.64. The van der Waals surface area contributed by atoms with Gasteiger partial charge in [-0.25, -0.2) is 4.79 Å². The van der Waals surface area contributed by atoms with Gasteiger partial charge in [0.25, 0.3) is 0 Å². The number of rotatable bonds is 3. The Morgan fingerprint density at radius 2 is 1.92 bits per heavy atom. The summed E-state index contributed by atoms with van der Waals surface area (Å²) in [6, 6.07) is 12.5. The number of carbonyl (C=O) groups excluding carboxylic acids is 1. The molecule has 128 valence electrons. The van der Waals surface area contributed by atoms with E-state index in [-0.39, 0.29) is 0 Å². The van der Waals surface area contributed by atoms with E-state index in [4.69, 9.17) is 21.3 Å². The Bertz CT molecular complexity index is 862. The number of hydrogen-bond donors (Lipinski definition) is 0. The molecule has 1 atom stereocenters. The van der Waals surface area contributed by atoms with E-state index in [0.717, 1.165) is 17.0 Å². The van der Waals surface area contributed by atoms with Crippen LogP contribution in [0.4, 0.5) is 0 Å². The van der Waals surface area contributed by atoms with E-state index >= 15 is 0 Å². The highest BCUT2D eigenvalue weighted by atomic mass is 35.5. The third-order valence-corrected chi connectivity index (χ3v) is 4.58. The van der Waals surface area contributed by atoms with Crippen LogP contribution < -0.4 is 0 Å². The van der Waals surface area contributed by atoms with E-state index in [9.17, 15) is 4.79 Å². The predicted molar refractivity (Wildman–Crippen MR) is 97.4 cm³/mol. The number of methoxy groups -OCH3 is 1. The minimum absolute atomic E-state index is 0.418. The fraction of sp³-hybridized carbons (Fsp3) is 0.211. The number of amidine groups is 1. The molecule has 0 radical (unpaired) electrons. The molecule has 3 rings (SSSR count). The van der Waals surface area contributed by atoms with Gasteiger partial charge < -0.3 is 9.64 Å². The minimum Gasteiger partial charge on any atom is -0.466 e.